The molecule has 0 spiro atoms. The summed E-state index contributed by atoms with van der Waals surface area (Å²) >= 11 is 0. The summed E-state index contributed by atoms with van der Waals surface area (Å²) in [5.41, 5.74) is 7.60. The summed E-state index contributed by atoms with van der Waals surface area (Å²) in [6, 6.07) is 9.10. The first-order valence-corrected chi connectivity index (χ1v) is 8.22. The van der Waals surface area contributed by atoms with Crippen LogP contribution < -0.4 is 10.5 Å². The van der Waals surface area contributed by atoms with E-state index in [-0.39, 0.29) is 12.1 Å². The first-order chi connectivity index (χ1) is 9.95. The minimum atomic E-state index is 0.0810. The largest absolute Gasteiger partial charge is 0.491 e. The van der Waals surface area contributed by atoms with Gasteiger partial charge in [0.05, 0.1) is 6.10 Å². The number of hydrogen-bond donors (Lipinski definition) is 1. The Hall–Kier alpha value is -1.06. The lowest BCUT2D eigenvalue weighted by Gasteiger charge is -2.27. The topological polar surface area (TPSA) is 38.5 Å². The van der Waals surface area contributed by atoms with Crippen LogP contribution in [0, 0.1) is 5.92 Å². The predicted molar refractivity (Wildman–Crippen MR) is 88.6 cm³/mol. The highest BCUT2D eigenvalue weighted by Crippen LogP contribution is 2.29. The lowest BCUT2D eigenvalue weighted by Crippen LogP contribution is -2.36. The normalized spacial score (nSPS) is 16.8. The number of nitrogens with two attached hydrogens (primary N) is 1. The number of benzene rings is 1. The van der Waals surface area contributed by atoms with Gasteiger partial charge in [0, 0.05) is 25.2 Å². The lowest BCUT2D eigenvalue weighted by molar-refractivity contribution is 0.221. The maximum absolute atomic E-state index is 6.41. The van der Waals surface area contributed by atoms with Crippen LogP contribution in [-0.4, -0.2) is 30.1 Å². The molecule has 1 aliphatic carbocycles. The zero-order valence-electron chi connectivity index (χ0n) is 13.9. The molecule has 1 saturated carbocycles. The maximum Gasteiger partial charge on any atom is 0.119 e. The van der Waals surface area contributed by atoms with Gasteiger partial charge in [0.1, 0.15) is 5.75 Å². The molecule has 1 aliphatic rings. The van der Waals surface area contributed by atoms with Gasteiger partial charge in [-0.2, -0.15) is 0 Å². The Bertz CT molecular complexity index is 423. The van der Waals surface area contributed by atoms with Crippen molar-refractivity contribution in [2.45, 2.75) is 58.7 Å². The Morgan fingerprint density at radius 3 is 2.19 bits per heavy atom. The van der Waals surface area contributed by atoms with Crippen molar-refractivity contribution in [3.8, 4) is 5.75 Å². The first kappa shape index (κ1) is 16.3. The quantitative estimate of drug-likeness (QED) is 0.795. The molecule has 0 radical (unpaired) electrons. The summed E-state index contributed by atoms with van der Waals surface area (Å²) < 4.78 is 5.68. The highest BCUT2D eigenvalue weighted by Gasteiger charge is 2.30. The van der Waals surface area contributed by atoms with Gasteiger partial charge in [-0.1, -0.05) is 26.0 Å². The fraction of sp³-hybridized carbons (Fsp3) is 0.667. The smallest absolute Gasteiger partial charge is 0.119 e. The van der Waals surface area contributed by atoms with Crippen molar-refractivity contribution in [3.05, 3.63) is 29.8 Å². The van der Waals surface area contributed by atoms with E-state index in [1.54, 1.807) is 0 Å². The molecule has 1 fully saturated rings. The van der Waals surface area contributed by atoms with E-state index in [1.165, 1.54) is 18.4 Å². The van der Waals surface area contributed by atoms with Crippen LogP contribution in [0.2, 0.25) is 0 Å². The monoisotopic (exact) mass is 290 g/mol. The van der Waals surface area contributed by atoms with Crippen LogP contribution >= 0.6 is 0 Å². The zero-order valence-corrected chi connectivity index (χ0v) is 13.9. The van der Waals surface area contributed by atoms with E-state index in [9.17, 15) is 0 Å². The third-order valence-electron chi connectivity index (χ3n) is 3.77. The summed E-state index contributed by atoms with van der Waals surface area (Å²) in [5.74, 6) is 1.61. The van der Waals surface area contributed by atoms with Gasteiger partial charge in [0.2, 0.25) is 0 Å². The highest BCUT2D eigenvalue weighted by molar-refractivity contribution is 5.29. The fourth-order valence-electron chi connectivity index (χ4n) is 2.71. The zero-order chi connectivity index (χ0) is 15.4. The predicted octanol–water partition coefficient (Wildman–Crippen LogP) is 3.59. The Morgan fingerprint density at radius 1 is 1.10 bits per heavy atom. The van der Waals surface area contributed by atoms with Gasteiger partial charge in [-0.25, -0.2) is 0 Å². The average Bonchev–Trinajstić information content (AvgIpc) is 3.21. The van der Waals surface area contributed by atoms with Gasteiger partial charge in [0.15, 0.2) is 0 Å². The molecule has 0 aliphatic heterocycles. The molecular weight excluding hydrogens is 260 g/mol. The molecule has 1 aromatic rings. The van der Waals surface area contributed by atoms with Crippen molar-refractivity contribution in [2.24, 2.45) is 11.7 Å². The summed E-state index contributed by atoms with van der Waals surface area (Å²) in [5, 5.41) is 0. The van der Waals surface area contributed by atoms with Crippen LogP contribution in [0.15, 0.2) is 24.3 Å². The molecule has 0 heterocycles. The molecular formula is C18H30N2O. The van der Waals surface area contributed by atoms with Crippen LogP contribution in [0.4, 0.5) is 0 Å². The van der Waals surface area contributed by atoms with Crippen molar-refractivity contribution in [3.63, 3.8) is 0 Å². The van der Waals surface area contributed by atoms with E-state index >= 15 is 0 Å². The molecule has 0 amide bonds. The van der Waals surface area contributed by atoms with Gasteiger partial charge in [-0.3, -0.25) is 4.90 Å². The Labute approximate surface area is 129 Å². The number of nitrogens with zero attached hydrogens (tertiary/aromatic N) is 1. The van der Waals surface area contributed by atoms with Crippen LogP contribution in [-0.2, 0) is 0 Å². The third-order valence-corrected chi connectivity index (χ3v) is 3.77. The molecule has 2 rings (SSSR count). The minimum Gasteiger partial charge on any atom is -0.491 e. The molecule has 0 bridgehead atoms. The van der Waals surface area contributed by atoms with Gasteiger partial charge in [-0.15, -0.1) is 0 Å². The molecule has 1 unspecified atom stereocenters. The van der Waals surface area contributed by atoms with E-state index in [0.717, 1.165) is 24.9 Å². The summed E-state index contributed by atoms with van der Waals surface area (Å²) in [7, 11) is 0. The molecule has 21 heavy (non-hydrogen) atoms. The van der Waals surface area contributed by atoms with Gasteiger partial charge in [-0.05, 0) is 50.3 Å². The molecule has 3 nitrogen and oxygen atoms in total. The molecule has 1 atom stereocenters. The van der Waals surface area contributed by atoms with E-state index in [0.29, 0.717) is 5.92 Å². The number of rotatable bonds is 8. The van der Waals surface area contributed by atoms with Crippen molar-refractivity contribution in [1.29, 1.82) is 0 Å². The van der Waals surface area contributed by atoms with Crippen molar-refractivity contribution >= 4 is 0 Å². The van der Waals surface area contributed by atoms with E-state index < -0.39 is 0 Å². The van der Waals surface area contributed by atoms with Gasteiger partial charge >= 0.3 is 0 Å². The van der Waals surface area contributed by atoms with Crippen LogP contribution in [0.5, 0.6) is 5.75 Å². The molecule has 0 saturated heterocycles. The van der Waals surface area contributed by atoms with E-state index in [2.05, 4.69) is 30.9 Å². The second-order valence-electron chi connectivity index (χ2n) is 6.92. The Morgan fingerprint density at radius 2 is 1.71 bits per heavy atom. The van der Waals surface area contributed by atoms with Crippen LogP contribution in [0.1, 0.15) is 52.1 Å². The number of hydrogen-bond acceptors (Lipinski definition) is 3. The van der Waals surface area contributed by atoms with Crippen molar-refractivity contribution in [1.82, 2.24) is 4.90 Å². The highest BCUT2D eigenvalue weighted by atomic mass is 16.5. The molecule has 118 valence electrons. The van der Waals surface area contributed by atoms with Crippen LogP contribution in [0.25, 0.3) is 0 Å². The van der Waals surface area contributed by atoms with E-state index in [1.807, 2.05) is 26.0 Å². The molecule has 2 N–H and O–H groups in total. The molecule has 3 heteroatoms. The maximum atomic E-state index is 6.41. The van der Waals surface area contributed by atoms with Crippen molar-refractivity contribution < 1.29 is 4.74 Å². The van der Waals surface area contributed by atoms with Crippen molar-refractivity contribution in [2.75, 3.05) is 13.1 Å². The summed E-state index contributed by atoms with van der Waals surface area (Å²) in [4.78, 5) is 2.56. The first-order valence-electron chi connectivity index (χ1n) is 8.22. The van der Waals surface area contributed by atoms with Gasteiger partial charge in [0.25, 0.3) is 0 Å². The SMILES string of the molecule is CC(C)CN(CC(N)c1ccc(OC(C)C)cc1)C1CC1. The second-order valence-corrected chi connectivity index (χ2v) is 6.92. The summed E-state index contributed by atoms with van der Waals surface area (Å²) in [6.07, 6.45) is 2.88. The Balaban J connectivity index is 1.93. The Kier molecular flexibility index (Phi) is 5.65. The minimum absolute atomic E-state index is 0.0810. The lowest BCUT2D eigenvalue weighted by atomic mass is 10.1. The van der Waals surface area contributed by atoms with Crippen LogP contribution in [0.3, 0.4) is 0 Å². The third kappa shape index (κ3) is 5.33. The molecule has 1 aromatic carbocycles. The molecule has 0 aromatic heterocycles. The van der Waals surface area contributed by atoms with E-state index in [4.69, 9.17) is 10.5 Å². The standard InChI is InChI=1S/C18H30N2O/c1-13(2)11-20(16-7-8-16)12-18(19)15-5-9-17(10-6-15)21-14(3)4/h5-6,9-10,13-14,16,18H,7-8,11-12,19H2,1-4H3. The summed E-state index contributed by atoms with van der Waals surface area (Å²) in [6.45, 7) is 10.7. The second kappa shape index (κ2) is 7.28. The van der Waals surface area contributed by atoms with Gasteiger partial charge < -0.3 is 10.5 Å². The number of ether oxygens (including phenoxy) is 1. The fourth-order valence-corrected chi connectivity index (χ4v) is 2.71. The average molecular weight is 290 g/mol.